The second-order valence-corrected chi connectivity index (χ2v) is 7.68. The Bertz CT molecular complexity index is 788. The van der Waals surface area contributed by atoms with Crippen molar-refractivity contribution in [2.24, 2.45) is 0 Å². The van der Waals surface area contributed by atoms with Gasteiger partial charge in [-0.15, -0.1) is 12.4 Å². The first-order valence-corrected chi connectivity index (χ1v) is 9.81. The van der Waals surface area contributed by atoms with E-state index in [1.807, 2.05) is 29.2 Å². The molecule has 0 radical (unpaired) electrons. The molecule has 0 saturated carbocycles. The fraction of sp³-hybridized carbons (Fsp3) is 0.474. The maximum absolute atomic E-state index is 13.1. The third kappa shape index (κ3) is 3.92. The van der Waals surface area contributed by atoms with Crippen LogP contribution in [-0.4, -0.2) is 59.4 Å². The van der Waals surface area contributed by atoms with Crippen LogP contribution in [0.3, 0.4) is 0 Å². The van der Waals surface area contributed by atoms with Gasteiger partial charge in [0.2, 0.25) is 0 Å². The Kier molecular flexibility index (Phi) is 6.25. The molecular weight excluding hydrogens is 434 g/mol. The summed E-state index contributed by atoms with van der Waals surface area (Å²) in [5.74, 6) is 0.482. The van der Waals surface area contributed by atoms with Crippen molar-refractivity contribution in [2.75, 3.05) is 32.8 Å². The largest absolute Gasteiger partial charge is 0.355 e. The number of carbonyl (C=O) groups is 1. The van der Waals surface area contributed by atoms with Gasteiger partial charge >= 0.3 is 0 Å². The van der Waals surface area contributed by atoms with Crippen molar-refractivity contribution in [3.05, 3.63) is 40.5 Å². The Labute approximate surface area is 173 Å². The van der Waals surface area contributed by atoms with E-state index in [4.69, 9.17) is 9.26 Å². The average Bonchev–Trinajstić information content (AvgIpc) is 3.30. The van der Waals surface area contributed by atoms with E-state index in [0.717, 1.165) is 42.5 Å². The highest BCUT2D eigenvalue weighted by molar-refractivity contribution is 9.10. The van der Waals surface area contributed by atoms with E-state index in [-0.39, 0.29) is 18.3 Å². The Balaban J connectivity index is 0.00000210. The first kappa shape index (κ1) is 20.3. The predicted octanol–water partition coefficient (Wildman–Crippen LogP) is 3.81. The van der Waals surface area contributed by atoms with E-state index in [1.54, 1.807) is 6.07 Å². The van der Waals surface area contributed by atoms with Crippen LogP contribution >= 0.6 is 28.3 Å². The average molecular weight is 457 g/mol. The van der Waals surface area contributed by atoms with Crippen molar-refractivity contribution in [3.63, 3.8) is 0 Å². The summed E-state index contributed by atoms with van der Waals surface area (Å²) < 4.78 is 12.5. The van der Waals surface area contributed by atoms with E-state index < -0.39 is 5.72 Å². The molecule has 1 amide bonds. The van der Waals surface area contributed by atoms with Gasteiger partial charge in [-0.3, -0.25) is 4.79 Å². The highest BCUT2D eigenvalue weighted by Crippen LogP contribution is 2.35. The molecule has 8 heteroatoms. The number of nitrogens with zero attached hydrogens (tertiary/aromatic N) is 3. The van der Waals surface area contributed by atoms with Gasteiger partial charge in [-0.1, -0.05) is 40.1 Å². The molecule has 1 spiro atoms. The van der Waals surface area contributed by atoms with Crippen LogP contribution in [0.15, 0.2) is 39.3 Å². The Morgan fingerprint density at radius 2 is 1.93 bits per heavy atom. The lowest BCUT2D eigenvalue weighted by Gasteiger charge is -2.43. The van der Waals surface area contributed by atoms with E-state index in [2.05, 4.69) is 32.9 Å². The fourth-order valence-corrected chi connectivity index (χ4v) is 4.06. The molecule has 2 aliphatic rings. The minimum Gasteiger partial charge on any atom is -0.355 e. The number of hydrogen-bond acceptors (Lipinski definition) is 5. The summed E-state index contributed by atoms with van der Waals surface area (Å²) in [6, 6.07) is 9.45. The third-order valence-electron chi connectivity index (χ3n) is 5.37. The zero-order valence-electron chi connectivity index (χ0n) is 15.2. The lowest BCUT2D eigenvalue weighted by atomic mass is 9.98. The Hall–Kier alpha value is -1.41. The van der Waals surface area contributed by atoms with Crippen LogP contribution in [0.4, 0.5) is 0 Å². The van der Waals surface area contributed by atoms with Gasteiger partial charge < -0.3 is 19.1 Å². The molecule has 0 unspecified atom stereocenters. The van der Waals surface area contributed by atoms with Gasteiger partial charge in [-0.05, 0) is 18.7 Å². The Morgan fingerprint density at radius 1 is 1.22 bits per heavy atom. The molecule has 0 atom stereocenters. The summed E-state index contributed by atoms with van der Waals surface area (Å²) in [6.07, 6.45) is 1.67. The number of ether oxygens (including phenoxy) is 1. The summed E-state index contributed by atoms with van der Waals surface area (Å²) in [5.41, 5.74) is 0.744. The van der Waals surface area contributed by atoms with Crippen LogP contribution < -0.4 is 0 Å². The van der Waals surface area contributed by atoms with Gasteiger partial charge in [-0.25, -0.2) is 0 Å². The van der Waals surface area contributed by atoms with Gasteiger partial charge in [0.15, 0.2) is 11.5 Å². The molecule has 3 heterocycles. The number of carbonyl (C=O) groups excluding carboxylic acids is 1. The van der Waals surface area contributed by atoms with Crippen LogP contribution in [0.5, 0.6) is 0 Å². The van der Waals surface area contributed by atoms with Gasteiger partial charge in [0, 0.05) is 48.6 Å². The van der Waals surface area contributed by atoms with Crippen LogP contribution in [0.25, 0.3) is 11.3 Å². The number of hydrogen-bond donors (Lipinski definition) is 0. The van der Waals surface area contributed by atoms with Crippen molar-refractivity contribution in [3.8, 4) is 11.3 Å². The minimum atomic E-state index is -0.487. The van der Waals surface area contributed by atoms with E-state index in [1.165, 1.54) is 0 Å². The summed E-state index contributed by atoms with van der Waals surface area (Å²) >= 11 is 3.42. The summed E-state index contributed by atoms with van der Waals surface area (Å²) in [6.45, 7) is 6.27. The zero-order valence-corrected chi connectivity index (χ0v) is 17.6. The molecule has 1 aromatic heterocycles. The monoisotopic (exact) mass is 455 g/mol. The van der Waals surface area contributed by atoms with E-state index >= 15 is 0 Å². The molecule has 2 saturated heterocycles. The standard InChI is InChI=1S/C19H22BrN3O3.ClH/c1-2-22-9-7-19(8-10-22)23(11-12-25-19)18(24)16-13-17(26-21-16)14-3-5-15(20)6-4-14;/h3-6,13H,2,7-12H2,1H3;1H. The topological polar surface area (TPSA) is 58.8 Å². The quantitative estimate of drug-likeness (QED) is 0.703. The van der Waals surface area contributed by atoms with Crippen LogP contribution in [0, 0.1) is 0 Å². The molecule has 1 aromatic carbocycles. The van der Waals surface area contributed by atoms with Crippen molar-refractivity contribution in [1.82, 2.24) is 15.0 Å². The number of aromatic nitrogens is 1. The fourth-order valence-electron chi connectivity index (χ4n) is 3.79. The van der Waals surface area contributed by atoms with Gasteiger partial charge in [-0.2, -0.15) is 0 Å². The maximum atomic E-state index is 13.1. The van der Waals surface area contributed by atoms with Crippen LogP contribution in [0.1, 0.15) is 30.3 Å². The molecular formula is C19H23BrClN3O3. The first-order valence-electron chi connectivity index (χ1n) is 9.02. The van der Waals surface area contributed by atoms with Crippen molar-refractivity contribution in [2.45, 2.75) is 25.5 Å². The molecule has 0 N–H and O–H groups in total. The van der Waals surface area contributed by atoms with Gasteiger partial charge in [0.25, 0.3) is 5.91 Å². The zero-order chi connectivity index (χ0) is 18.1. The molecule has 6 nitrogen and oxygen atoms in total. The summed E-state index contributed by atoms with van der Waals surface area (Å²) in [7, 11) is 0. The van der Waals surface area contributed by atoms with Crippen molar-refractivity contribution >= 4 is 34.2 Å². The Morgan fingerprint density at radius 3 is 2.59 bits per heavy atom. The lowest BCUT2D eigenvalue weighted by Crippen LogP contribution is -2.54. The molecule has 2 aliphatic heterocycles. The maximum Gasteiger partial charge on any atom is 0.278 e. The van der Waals surface area contributed by atoms with Crippen LogP contribution in [0.2, 0.25) is 0 Å². The normalized spacial score (nSPS) is 19.3. The summed E-state index contributed by atoms with van der Waals surface area (Å²) in [5, 5.41) is 4.02. The highest BCUT2D eigenvalue weighted by Gasteiger charge is 2.47. The number of halogens is 2. The molecule has 4 rings (SSSR count). The van der Waals surface area contributed by atoms with Crippen LogP contribution in [-0.2, 0) is 4.74 Å². The molecule has 2 fully saturated rings. The van der Waals surface area contributed by atoms with E-state index in [9.17, 15) is 4.79 Å². The number of likely N-dealkylation sites (tertiary alicyclic amines) is 1. The molecule has 27 heavy (non-hydrogen) atoms. The molecule has 0 aliphatic carbocycles. The number of benzene rings is 1. The van der Waals surface area contributed by atoms with Gasteiger partial charge in [0.1, 0.15) is 5.72 Å². The van der Waals surface area contributed by atoms with Crippen molar-refractivity contribution in [1.29, 1.82) is 0 Å². The second-order valence-electron chi connectivity index (χ2n) is 6.77. The number of amides is 1. The predicted molar refractivity (Wildman–Crippen MR) is 108 cm³/mol. The minimum absolute atomic E-state index is 0. The molecule has 2 aromatic rings. The molecule has 146 valence electrons. The molecule has 0 bridgehead atoms. The SMILES string of the molecule is CCN1CCC2(CC1)OCCN2C(=O)c1cc(-c2ccc(Br)cc2)on1.Cl. The lowest BCUT2D eigenvalue weighted by molar-refractivity contribution is -0.104. The number of rotatable bonds is 3. The summed E-state index contributed by atoms with van der Waals surface area (Å²) in [4.78, 5) is 17.3. The third-order valence-corrected chi connectivity index (χ3v) is 5.89. The van der Waals surface area contributed by atoms with Gasteiger partial charge in [0.05, 0.1) is 6.61 Å². The highest BCUT2D eigenvalue weighted by atomic mass is 79.9. The number of piperidine rings is 1. The smallest absolute Gasteiger partial charge is 0.278 e. The van der Waals surface area contributed by atoms with Crippen molar-refractivity contribution < 1.29 is 14.1 Å². The first-order chi connectivity index (χ1) is 12.6. The van der Waals surface area contributed by atoms with E-state index in [0.29, 0.717) is 24.6 Å². The second kappa shape index (κ2) is 8.31.